The second-order valence-electron chi connectivity index (χ2n) is 2.85. The molecular weight excluding hydrogens is 174 g/mol. The van der Waals surface area contributed by atoms with Crippen molar-refractivity contribution in [2.45, 2.75) is 20.4 Å². The predicted octanol–water partition coefficient (Wildman–Crippen LogP) is 1.92. The van der Waals surface area contributed by atoms with Gasteiger partial charge in [-0.1, -0.05) is 11.6 Å². The van der Waals surface area contributed by atoms with E-state index in [-0.39, 0.29) is 0 Å². The fraction of sp³-hybridized carbons (Fsp3) is 0.375. The molecule has 0 aliphatic carbocycles. The third-order valence-electron chi connectivity index (χ3n) is 1.58. The minimum absolute atomic E-state index is 0.581. The molecule has 0 aliphatic heterocycles. The van der Waals surface area contributed by atoms with E-state index in [1.807, 2.05) is 20.0 Å². The standard InChI is InChI=1S/C8H12ClN3/c1-6(3-9)4-12-5-7(2)8(10)11-12/h3,5H,4H2,1-2H3,(H2,10,11)/b6-3+. The lowest BCUT2D eigenvalue weighted by atomic mass is 10.3. The van der Waals surface area contributed by atoms with E-state index in [1.54, 1.807) is 10.2 Å². The fourth-order valence-electron chi connectivity index (χ4n) is 0.907. The molecule has 0 unspecified atom stereocenters. The van der Waals surface area contributed by atoms with Crippen LogP contribution in [0.3, 0.4) is 0 Å². The van der Waals surface area contributed by atoms with E-state index in [9.17, 15) is 0 Å². The zero-order chi connectivity index (χ0) is 9.14. The number of nitrogens with zero attached hydrogens (tertiary/aromatic N) is 2. The highest BCUT2D eigenvalue weighted by Gasteiger charge is 1.99. The molecule has 0 aromatic carbocycles. The molecule has 0 bridgehead atoms. The van der Waals surface area contributed by atoms with Crippen molar-refractivity contribution in [2.24, 2.45) is 0 Å². The molecule has 1 aromatic heterocycles. The van der Waals surface area contributed by atoms with Crippen molar-refractivity contribution in [1.82, 2.24) is 9.78 Å². The van der Waals surface area contributed by atoms with Gasteiger partial charge in [0.2, 0.25) is 0 Å². The van der Waals surface area contributed by atoms with Gasteiger partial charge in [0, 0.05) is 17.3 Å². The van der Waals surface area contributed by atoms with Crippen LogP contribution in [0.1, 0.15) is 12.5 Å². The van der Waals surface area contributed by atoms with Gasteiger partial charge in [0.15, 0.2) is 0 Å². The summed E-state index contributed by atoms with van der Waals surface area (Å²) in [4.78, 5) is 0. The Kier molecular flexibility index (Phi) is 2.76. The predicted molar refractivity (Wildman–Crippen MR) is 51.0 cm³/mol. The monoisotopic (exact) mass is 185 g/mol. The van der Waals surface area contributed by atoms with Crippen molar-refractivity contribution >= 4 is 17.4 Å². The first-order valence-electron chi connectivity index (χ1n) is 3.69. The van der Waals surface area contributed by atoms with Crippen molar-refractivity contribution in [3.05, 3.63) is 22.9 Å². The number of nitrogens with two attached hydrogens (primary N) is 1. The van der Waals surface area contributed by atoms with E-state index in [1.165, 1.54) is 0 Å². The number of hydrogen-bond donors (Lipinski definition) is 1. The van der Waals surface area contributed by atoms with Crippen LogP contribution in [0.2, 0.25) is 0 Å². The highest BCUT2D eigenvalue weighted by Crippen LogP contribution is 2.08. The van der Waals surface area contributed by atoms with Crippen LogP contribution >= 0.6 is 11.6 Å². The van der Waals surface area contributed by atoms with Crippen LogP contribution in [0, 0.1) is 6.92 Å². The maximum Gasteiger partial charge on any atom is 0.148 e. The Balaban J connectivity index is 2.77. The number of hydrogen-bond acceptors (Lipinski definition) is 2. The van der Waals surface area contributed by atoms with Gasteiger partial charge in [0.1, 0.15) is 5.82 Å². The molecule has 0 aliphatic rings. The van der Waals surface area contributed by atoms with Gasteiger partial charge in [-0.3, -0.25) is 4.68 Å². The minimum atomic E-state index is 0.581. The zero-order valence-corrected chi connectivity index (χ0v) is 7.97. The molecule has 0 saturated heterocycles. The maximum atomic E-state index is 5.57. The second-order valence-corrected chi connectivity index (χ2v) is 3.07. The third kappa shape index (κ3) is 2.01. The molecule has 0 amide bonds. The van der Waals surface area contributed by atoms with Crippen molar-refractivity contribution in [1.29, 1.82) is 0 Å². The van der Waals surface area contributed by atoms with Gasteiger partial charge in [-0.25, -0.2) is 0 Å². The molecule has 0 saturated carbocycles. The molecule has 0 spiro atoms. The Hall–Kier alpha value is -0.960. The average molecular weight is 186 g/mol. The van der Waals surface area contributed by atoms with Crippen LogP contribution in [-0.2, 0) is 6.54 Å². The first kappa shape index (κ1) is 9.13. The summed E-state index contributed by atoms with van der Waals surface area (Å²) in [7, 11) is 0. The first-order chi connectivity index (χ1) is 5.63. The zero-order valence-electron chi connectivity index (χ0n) is 7.21. The van der Waals surface area contributed by atoms with E-state index in [2.05, 4.69) is 5.10 Å². The molecule has 1 aromatic rings. The minimum Gasteiger partial charge on any atom is -0.382 e. The largest absolute Gasteiger partial charge is 0.382 e. The summed E-state index contributed by atoms with van der Waals surface area (Å²) in [5, 5.41) is 4.09. The van der Waals surface area contributed by atoms with Crippen molar-refractivity contribution < 1.29 is 0 Å². The number of nitrogen functional groups attached to an aromatic ring is 1. The van der Waals surface area contributed by atoms with Crippen LogP contribution < -0.4 is 5.73 Å². The summed E-state index contributed by atoms with van der Waals surface area (Å²) in [6.45, 7) is 4.57. The van der Waals surface area contributed by atoms with Gasteiger partial charge in [-0.05, 0) is 19.4 Å². The topological polar surface area (TPSA) is 43.8 Å². The quantitative estimate of drug-likeness (QED) is 0.765. The molecule has 12 heavy (non-hydrogen) atoms. The summed E-state index contributed by atoms with van der Waals surface area (Å²) in [5.74, 6) is 0.581. The molecule has 3 nitrogen and oxygen atoms in total. The molecule has 66 valence electrons. The first-order valence-corrected chi connectivity index (χ1v) is 4.12. The van der Waals surface area contributed by atoms with Crippen molar-refractivity contribution in [3.63, 3.8) is 0 Å². The number of halogens is 1. The highest BCUT2D eigenvalue weighted by molar-refractivity contribution is 6.25. The Morgan fingerprint density at radius 2 is 2.50 bits per heavy atom. The molecule has 1 heterocycles. The van der Waals surface area contributed by atoms with Crippen LogP contribution in [-0.4, -0.2) is 9.78 Å². The Morgan fingerprint density at radius 3 is 2.92 bits per heavy atom. The number of allylic oxidation sites excluding steroid dienone is 1. The summed E-state index contributed by atoms with van der Waals surface area (Å²) in [6, 6.07) is 0. The van der Waals surface area contributed by atoms with Gasteiger partial charge in [-0.2, -0.15) is 5.10 Å². The van der Waals surface area contributed by atoms with Gasteiger partial charge in [0.25, 0.3) is 0 Å². The molecule has 2 N–H and O–H groups in total. The molecule has 1 rings (SSSR count). The molecule has 0 fully saturated rings. The normalized spacial score (nSPS) is 12.1. The average Bonchev–Trinajstić information content (AvgIpc) is 2.31. The van der Waals surface area contributed by atoms with E-state index >= 15 is 0 Å². The summed E-state index contributed by atoms with van der Waals surface area (Å²) in [5.41, 5.74) is 9.17. The number of rotatable bonds is 2. The van der Waals surface area contributed by atoms with Crippen molar-refractivity contribution in [2.75, 3.05) is 5.73 Å². The van der Waals surface area contributed by atoms with Crippen LogP contribution in [0.25, 0.3) is 0 Å². The lowest BCUT2D eigenvalue weighted by Gasteiger charge is -1.98. The molecule has 0 radical (unpaired) electrons. The summed E-state index contributed by atoms with van der Waals surface area (Å²) in [6.07, 6.45) is 1.90. The van der Waals surface area contributed by atoms with Gasteiger partial charge in [0.05, 0.1) is 6.54 Å². The second kappa shape index (κ2) is 3.63. The molecule has 4 heteroatoms. The summed E-state index contributed by atoms with van der Waals surface area (Å²) >= 11 is 5.51. The van der Waals surface area contributed by atoms with E-state index in [0.29, 0.717) is 12.4 Å². The van der Waals surface area contributed by atoms with E-state index in [0.717, 1.165) is 11.1 Å². The Bertz CT molecular complexity index is 282. The molecular formula is C8H12ClN3. The number of anilines is 1. The van der Waals surface area contributed by atoms with Crippen LogP contribution in [0.15, 0.2) is 17.3 Å². The highest BCUT2D eigenvalue weighted by atomic mass is 35.5. The van der Waals surface area contributed by atoms with E-state index < -0.39 is 0 Å². The van der Waals surface area contributed by atoms with Crippen LogP contribution in [0.4, 0.5) is 5.82 Å². The van der Waals surface area contributed by atoms with E-state index in [4.69, 9.17) is 17.3 Å². The maximum absolute atomic E-state index is 5.57. The lowest BCUT2D eigenvalue weighted by molar-refractivity contribution is 0.681. The van der Waals surface area contributed by atoms with Crippen LogP contribution in [0.5, 0.6) is 0 Å². The lowest BCUT2D eigenvalue weighted by Crippen LogP contribution is -2.00. The summed E-state index contributed by atoms with van der Waals surface area (Å²) < 4.78 is 1.78. The van der Waals surface area contributed by atoms with Crippen molar-refractivity contribution in [3.8, 4) is 0 Å². The van der Waals surface area contributed by atoms with Gasteiger partial charge >= 0.3 is 0 Å². The Morgan fingerprint density at radius 1 is 1.83 bits per heavy atom. The Labute approximate surface area is 76.8 Å². The number of aryl methyl sites for hydroxylation is 1. The van der Waals surface area contributed by atoms with Gasteiger partial charge < -0.3 is 5.73 Å². The number of aromatic nitrogens is 2. The smallest absolute Gasteiger partial charge is 0.148 e. The third-order valence-corrected chi connectivity index (χ3v) is 1.95. The van der Waals surface area contributed by atoms with Gasteiger partial charge in [-0.15, -0.1) is 0 Å². The molecule has 0 atom stereocenters. The SMILES string of the molecule is C/C(=C\Cl)Cn1cc(C)c(N)n1. The fourth-order valence-corrected chi connectivity index (χ4v) is 0.976.